The first-order valence-corrected chi connectivity index (χ1v) is 7.46. The summed E-state index contributed by atoms with van der Waals surface area (Å²) in [4.78, 5) is 0. The van der Waals surface area contributed by atoms with Crippen LogP contribution in [0.15, 0.2) is 48.5 Å². The summed E-state index contributed by atoms with van der Waals surface area (Å²) in [6.45, 7) is 2.01. The van der Waals surface area contributed by atoms with Crippen molar-refractivity contribution in [2.24, 2.45) is 0 Å². The maximum atomic E-state index is 13.8. The summed E-state index contributed by atoms with van der Waals surface area (Å²) in [7, 11) is 0. The number of nitrogens with one attached hydrogen (secondary N) is 1. The van der Waals surface area contributed by atoms with E-state index in [1.165, 1.54) is 12.1 Å². The fourth-order valence-corrected chi connectivity index (χ4v) is 2.77. The summed E-state index contributed by atoms with van der Waals surface area (Å²) >= 11 is 0. The summed E-state index contributed by atoms with van der Waals surface area (Å²) < 4.78 is 13.8. The van der Waals surface area contributed by atoms with Crippen molar-refractivity contribution in [2.75, 3.05) is 5.73 Å². The van der Waals surface area contributed by atoms with Crippen LogP contribution in [0.4, 0.5) is 10.2 Å². The zero-order chi connectivity index (χ0) is 16.7. The van der Waals surface area contributed by atoms with Crippen molar-refractivity contribution < 1.29 is 4.39 Å². The summed E-state index contributed by atoms with van der Waals surface area (Å²) in [6, 6.07) is 14.3. The normalized spacial score (nSPS) is 11.1. The van der Waals surface area contributed by atoms with Gasteiger partial charge in [-0.2, -0.15) is 5.10 Å². The Bertz CT molecular complexity index is 1040. The summed E-state index contributed by atoms with van der Waals surface area (Å²) in [5.41, 5.74) is 10.6. The third-order valence-electron chi connectivity index (χ3n) is 3.95. The lowest BCUT2D eigenvalue weighted by Crippen LogP contribution is -1.96. The molecule has 24 heavy (non-hydrogen) atoms. The zero-order valence-corrected chi connectivity index (χ0v) is 12.9. The molecule has 0 unspecified atom stereocenters. The quantitative estimate of drug-likeness (QED) is 0.590. The highest BCUT2D eigenvalue weighted by molar-refractivity contribution is 6.04. The van der Waals surface area contributed by atoms with Crippen LogP contribution in [0.2, 0.25) is 0 Å². The van der Waals surface area contributed by atoms with Crippen LogP contribution in [0.3, 0.4) is 0 Å². The minimum atomic E-state index is -0.325. The summed E-state index contributed by atoms with van der Waals surface area (Å²) in [5.74, 6) is -0.0121. The molecule has 0 aliphatic carbocycles. The standard InChI is InChI=1S/C18H14FN5/c1-10-5-7-11(8-6-10)16-14(12-3-2-4-13(19)9-12)15-17(20)22-24-18(15)23-21-16/h2-9H,1H3,(H3,20,22,23,24). The van der Waals surface area contributed by atoms with Crippen LogP contribution in [0.5, 0.6) is 0 Å². The Kier molecular flexibility index (Phi) is 3.23. The van der Waals surface area contributed by atoms with Crippen LogP contribution in [0, 0.1) is 12.7 Å². The third-order valence-corrected chi connectivity index (χ3v) is 3.95. The van der Waals surface area contributed by atoms with E-state index in [4.69, 9.17) is 5.73 Å². The van der Waals surface area contributed by atoms with Gasteiger partial charge in [-0.15, -0.1) is 10.2 Å². The molecule has 2 aromatic carbocycles. The molecule has 118 valence electrons. The van der Waals surface area contributed by atoms with Crippen molar-refractivity contribution in [3.05, 3.63) is 59.9 Å². The first kappa shape index (κ1) is 14.3. The third kappa shape index (κ3) is 2.28. The lowest BCUT2D eigenvalue weighted by atomic mass is 9.96. The Balaban J connectivity index is 2.08. The molecule has 2 aromatic heterocycles. The van der Waals surface area contributed by atoms with Gasteiger partial charge in [0.15, 0.2) is 11.5 Å². The number of aryl methyl sites for hydroxylation is 1. The van der Waals surface area contributed by atoms with Gasteiger partial charge in [-0.1, -0.05) is 42.0 Å². The van der Waals surface area contributed by atoms with Gasteiger partial charge in [-0.05, 0) is 24.6 Å². The van der Waals surface area contributed by atoms with Gasteiger partial charge in [-0.25, -0.2) is 4.39 Å². The highest BCUT2D eigenvalue weighted by Gasteiger charge is 2.18. The van der Waals surface area contributed by atoms with Gasteiger partial charge < -0.3 is 5.73 Å². The average molecular weight is 319 g/mol. The van der Waals surface area contributed by atoms with E-state index in [0.29, 0.717) is 28.1 Å². The molecule has 5 nitrogen and oxygen atoms in total. The van der Waals surface area contributed by atoms with Crippen LogP contribution >= 0.6 is 0 Å². The minimum Gasteiger partial charge on any atom is -0.382 e. The molecule has 0 bridgehead atoms. The number of hydrogen-bond acceptors (Lipinski definition) is 4. The number of nitrogens with two attached hydrogens (primary N) is 1. The Morgan fingerprint density at radius 1 is 1.00 bits per heavy atom. The molecule has 2 heterocycles. The van der Waals surface area contributed by atoms with E-state index in [0.717, 1.165) is 16.7 Å². The van der Waals surface area contributed by atoms with E-state index in [1.807, 2.05) is 37.3 Å². The molecule has 0 spiro atoms. The first-order chi connectivity index (χ1) is 11.6. The maximum Gasteiger partial charge on any atom is 0.180 e. The summed E-state index contributed by atoms with van der Waals surface area (Å²) in [5, 5.41) is 15.9. The number of nitrogens with zero attached hydrogens (tertiary/aromatic N) is 3. The SMILES string of the molecule is Cc1ccc(-c2nnc3[nH]nc(N)c3c2-c2cccc(F)c2)cc1. The molecule has 4 rings (SSSR count). The van der Waals surface area contributed by atoms with Crippen molar-refractivity contribution in [3.8, 4) is 22.4 Å². The zero-order valence-electron chi connectivity index (χ0n) is 12.9. The number of halogens is 1. The van der Waals surface area contributed by atoms with Crippen molar-refractivity contribution in [2.45, 2.75) is 6.92 Å². The number of aromatic nitrogens is 4. The predicted molar refractivity (Wildman–Crippen MR) is 91.7 cm³/mol. The Labute approximate surface area is 137 Å². The second-order valence-electron chi connectivity index (χ2n) is 5.63. The molecular formula is C18H14FN5. The van der Waals surface area contributed by atoms with Crippen molar-refractivity contribution >= 4 is 16.9 Å². The van der Waals surface area contributed by atoms with Gasteiger partial charge in [0, 0.05) is 11.1 Å². The summed E-state index contributed by atoms with van der Waals surface area (Å²) in [6.07, 6.45) is 0. The van der Waals surface area contributed by atoms with Crippen molar-refractivity contribution in [1.82, 2.24) is 20.4 Å². The molecular weight excluding hydrogens is 305 g/mol. The number of nitrogen functional groups attached to an aromatic ring is 1. The number of rotatable bonds is 2. The molecule has 0 amide bonds. The Hall–Kier alpha value is -3.28. The van der Waals surface area contributed by atoms with Crippen LogP contribution in [-0.4, -0.2) is 20.4 Å². The smallest absolute Gasteiger partial charge is 0.180 e. The molecule has 6 heteroatoms. The molecule has 0 fully saturated rings. The molecule has 0 aliphatic rings. The maximum absolute atomic E-state index is 13.8. The van der Waals surface area contributed by atoms with E-state index in [1.54, 1.807) is 6.07 Å². The van der Waals surface area contributed by atoms with Gasteiger partial charge in [0.1, 0.15) is 11.5 Å². The van der Waals surface area contributed by atoms with E-state index >= 15 is 0 Å². The van der Waals surface area contributed by atoms with Crippen molar-refractivity contribution in [3.63, 3.8) is 0 Å². The van der Waals surface area contributed by atoms with Gasteiger partial charge in [0.25, 0.3) is 0 Å². The second kappa shape index (κ2) is 5.42. The number of hydrogen-bond donors (Lipinski definition) is 2. The molecule has 0 saturated heterocycles. The van der Waals surface area contributed by atoms with Gasteiger partial charge in [-0.3, -0.25) is 5.10 Å². The Morgan fingerprint density at radius 3 is 2.54 bits per heavy atom. The van der Waals surface area contributed by atoms with Crippen LogP contribution in [0.1, 0.15) is 5.56 Å². The predicted octanol–water partition coefficient (Wildman–Crippen LogP) is 3.72. The fraction of sp³-hybridized carbons (Fsp3) is 0.0556. The first-order valence-electron chi connectivity index (χ1n) is 7.46. The van der Waals surface area contributed by atoms with Crippen LogP contribution in [0.25, 0.3) is 33.4 Å². The van der Waals surface area contributed by atoms with E-state index in [2.05, 4.69) is 20.4 Å². The largest absolute Gasteiger partial charge is 0.382 e. The van der Waals surface area contributed by atoms with E-state index < -0.39 is 0 Å². The fourth-order valence-electron chi connectivity index (χ4n) is 2.77. The molecule has 0 aliphatic heterocycles. The molecule has 0 saturated carbocycles. The highest BCUT2D eigenvalue weighted by atomic mass is 19.1. The van der Waals surface area contributed by atoms with Crippen LogP contribution < -0.4 is 5.73 Å². The molecule has 3 N–H and O–H groups in total. The second-order valence-corrected chi connectivity index (χ2v) is 5.63. The lowest BCUT2D eigenvalue weighted by Gasteiger charge is -2.10. The minimum absolute atomic E-state index is 0.313. The van der Waals surface area contributed by atoms with E-state index in [9.17, 15) is 4.39 Å². The molecule has 0 radical (unpaired) electrons. The number of anilines is 1. The number of H-pyrrole nitrogens is 1. The number of fused-ring (bicyclic) bond motifs is 1. The highest BCUT2D eigenvalue weighted by Crippen LogP contribution is 2.37. The lowest BCUT2D eigenvalue weighted by molar-refractivity contribution is 0.628. The van der Waals surface area contributed by atoms with Gasteiger partial charge in [0.2, 0.25) is 0 Å². The Morgan fingerprint density at radius 2 is 1.79 bits per heavy atom. The van der Waals surface area contributed by atoms with Crippen LogP contribution in [-0.2, 0) is 0 Å². The molecule has 0 atom stereocenters. The monoisotopic (exact) mass is 319 g/mol. The van der Waals surface area contributed by atoms with Gasteiger partial charge in [0.05, 0.1) is 5.39 Å². The molecule has 4 aromatic rings. The average Bonchev–Trinajstić information content (AvgIpc) is 2.96. The number of aromatic amines is 1. The van der Waals surface area contributed by atoms with E-state index in [-0.39, 0.29) is 5.82 Å². The van der Waals surface area contributed by atoms with Gasteiger partial charge >= 0.3 is 0 Å². The topological polar surface area (TPSA) is 80.5 Å². The van der Waals surface area contributed by atoms with Crippen molar-refractivity contribution in [1.29, 1.82) is 0 Å². The number of benzene rings is 2.